The number of methoxy groups -OCH3 is 4. The number of nitrogens with zero attached hydrogens (tertiary/aromatic N) is 1. The summed E-state index contributed by atoms with van der Waals surface area (Å²) in [6, 6.07) is 8.33. The van der Waals surface area contributed by atoms with Gasteiger partial charge < -0.3 is 43.7 Å². The largest absolute Gasteiger partial charge is 0.455 e. The van der Waals surface area contributed by atoms with Crippen LogP contribution in [0.2, 0.25) is 0 Å². The first kappa shape index (κ1) is 47.8. The van der Waals surface area contributed by atoms with Gasteiger partial charge in [-0.2, -0.15) is 0 Å². The molecule has 1 aliphatic heterocycles. The summed E-state index contributed by atoms with van der Waals surface area (Å²) in [6.07, 6.45) is 12.8. The zero-order valence-corrected chi connectivity index (χ0v) is 38.6. The molecule has 7 rings (SSSR count). The first-order valence-corrected chi connectivity index (χ1v) is 24.4. The van der Waals surface area contributed by atoms with Crippen LogP contribution >= 0.6 is 0 Å². The Labute approximate surface area is 371 Å². The van der Waals surface area contributed by atoms with E-state index in [0.29, 0.717) is 31.5 Å². The standard InChI is InChI=1S/C50H79NO11/c1-7-9-10-11-12-13-14-15-16-17-18-19-20-21-25-28-37(53)62-50-38-34(30-48(56,45(60-6)43(50)54)44(38)61-46(55)33-26-23-22-24-27-33)49-36(58-4)29-35(52)47(32-57-3)31-51(8-2)42(49)39(50)40(59-5)41(47)49/h22-24,26-27,34-36,38-45,52,54,56H,7-21,25,28-32H2,1-6H3/t34-,35-,36+,38-,39+,40+,41-,42-,43?,44-,45+,47+,48+,49+,50-/m1/s1. The van der Waals surface area contributed by atoms with Crippen LogP contribution in [0, 0.1) is 34.5 Å². The van der Waals surface area contributed by atoms with Crippen molar-refractivity contribution in [3.8, 4) is 0 Å². The maximum atomic E-state index is 14.6. The number of piperidine rings is 1. The van der Waals surface area contributed by atoms with Crippen molar-refractivity contribution in [3.63, 3.8) is 0 Å². The van der Waals surface area contributed by atoms with E-state index in [1.54, 1.807) is 45.6 Å². The maximum absolute atomic E-state index is 14.6. The van der Waals surface area contributed by atoms with Crippen LogP contribution in [0.4, 0.5) is 0 Å². The molecule has 350 valence electrons. The summed E-state index contributed by atoms with van der Waals surface area (Å²) in [6.45, 7) is 5.70. The SMILES string of the molecule is CCCCCCCCCCCCCCCCCC(=O)O[C@]12C(O)[C@H](OC)[C@]3(O)C[C@H]([C@@H]1[C@H]3OC(=O)c1ccccc1)[C@@]13[C@@H](OC)C[C@@H](O)[C@@]4(COC)CN(CC)[C@@H]1[C@@H]2[C@H](OC)[C@H]43. The molecule has 1 saturated heterocycles. The van der Waals surface area contributed by atoms with Gasteiger partial charge in [0.05, 0.1) is 30.5 Å². The number of fused-ring (bicyclic) bond motifs is 2. The highest BCUT2D eigenvalue weighted by Crippen LogP contribution is 2.80. The lowest BCUT2D eigenvalue weighted by Crippen LogP contribution is -2.81. The van der Waals surface area contributed by atoms with Gasteiger partial charge in [-0.1, -0.05) is 122 Å². The van der Waals surface area contributed by atoms with Crippen LogP contribution in [0.3, 0.4) is 0 Å². The summed E-state index contributed by atoms with van der Waals surface area (Å²) < 4.78 is 38.7. The topological polar surface area (TPSA) is 153 Å². The van der Waals surface area contributed by atoms with Crippen LogP contribution in [-0.4, -0.2) is 134 Å². The summed E-state index contributed by atoms with van der Waals surface area (Å²) in [7, 11) is 6.42. The molecule has 0 aromatic heterocycles. The number of aliphatic hydroxyl groups excluding tert-OH is 2. The lowest BCUT2D eigenvalue weighted by Gasteiger charge is -2.70. The number of rotatable bonds is 25. The zero-order valence-electron chi connectivity index (χ0n) is 38.6. The lowest BCUT2D eigenvalue weighted by atomic mass is 9.42. The number of aliphatic hydroxyl groups is 3. The molecule has 5 saturated carbocycles. The predicted molar refractivity (Wildman–Crippen MR) is 234 cm³/mol. The maximum Gasteiger partial charge on any atom is 0.338 e. The van der Waals surface area contributed by atoms with Gasteiger partial charge in [-0.25, -0.2) is 4.79 Å². The Morgan fingerprint density at radius 3 is 1.94 bits per heavy atom. The molecule has 1 aromatic carbocycles. The predicted octanol–water partition coefficient (Wildman–Crippen LogP) is 6.89. The number of unbranched alkanes of at least 4 members (excludes halogenated alkanes) is 14. The van der Waals surface area contributed by atoms with E-state index < -0.39 is 88.3 Å². The third-order valence-electron chi connectivity index (χ3n) is 17.1. The van der Waals surface area contributed by atoms with Crippen LogP contribution in [0.5, 0.6) is 0 Å². The molecule has 5 aliphatic carbocycles. The molecule has 0 amide bonds. The van der Waals surface area contributed by atoms with Crippen molar-refractivity contribution in [2.24, 2.45) is 34.5 Å². The van der Waals surface area contributed by atoms with Crippen LogP contribution < -0.4 is 0 Å². The summed E-state index contributed by atoms with van der Waals surface area (Å²) >= 11 is 0. The quantitative estimate of drug-likeness (QED) is 0.0693. The van der Waals surface area contributed by atoms with E-state index in [4.69, 9.17) is 28.4 Å². The van der Waals surface area contributed by atoms with Crippen molar-refractivity contribution >= 4 is 11.9 Å². The molecule has 0 radical (unpaired) electrons. The van der Waals surface area contributed by atoms with Gasteiger partial charge in [0.2, 0.25) is 0 Å². The van der Waals surface area contributed by atoms with Crippen molar-refractivity contribution in [2.75, 3.05) is 48.1 Å². The number of carbonyl (C=O) groups is 2. The molecule has 1 spiro atoms. The minimum Gasteiger partial charge on any atom is -0.455 e. The number of hydrogen-bond acceptors (Lipinski definition) is 12. The highest BCUT2D eigenvalue weighted by molar-refractivity contribution is 5.89. The molecule has 1 unspecified atom stereocenters. The third-order valence-corrected chi connectivity index (χ3v) is 17.1. The molecule has 6 fully saturated rings. The smallest absolute Gasteiger partial charge is 0.338 e. The average molecular weight is 870 g/mol. The van der Waals surface area contributed by atoms with Crippen molar-refractivity contribution in [1.82, 2.24) is 4.90 Å². The van der Waals surface area contributed by atoms with Gasteiger partial charge in [-0.15, -0.1) is 0 Å². The van der Waals surface area contributed by atoms with Gasteiger partial charge in [0, 0.05) is 82.5 Å². The average Bonchev–Trinajstić information content (AvgIpc) is 3.65. The summed E-state index contributed by atoms with van der Waals surface area (Å²) in [5.74, 6) is -3.47. The zero-order chi connectivity index (χ0) is 44.3. The fourth-order valence-corrected chi connectivity index (χ4v) is 15.0. The summed E-state index contributed by atoms with van der Waals surface area (Å²) in [5, 5.41) is 38.4. The Bertz CT molecular complexity index is 1630. The van der Waals surface area contributed by atoms with Crippen molar-refractivity contribution in [1.29, 1.82) is 0 Å². The molecular weight excluding hydrogens is 791 g/mol. The van der Waals surface area contributed by atoms with Crippen molar-refractivity contribution in [3.05, 3.63) is 35.9 Å². The fourth-order valence-electron chi connectivity index (χ4n) is 15.0. The first-order valence-electron chi connectivity index (χ1n) is 24.4. The second-order valence-corrected chi connectivity index (χ2v) is 20.0. The van der Waals surface area contributed by atoms with E-state index in [0.717, 1.165) is 19.3 Å². The van der Waals surface area contributed by atoms with Gasteiger partial charge >= 0.3 is 11.9 Å². The normalized spacial score (nSPS) is 40.1. The minimum absolute atomic E-state index is 0.0883. The second-order valence-electron chi connectivity index (χ2n) is 20.0. The molecule has 12 nitrogen and oxygen atoms in total. The Morgan fingerprint density at radius 2 is 1.39 bits per heavy atom. The summed E-state index contributed by atoms with van der Waals surface area (Å²) in [5.41, 5.74) is -4.82. The van der Waals surface area contributed by atoms with E-state index in [1.165, 1.54) is 77.7 Å². The minimum atomic E-state index is -1.84. The molecule has 12 heteroatoms. The Kier molecular flexibility index (Phi) is 15.5. The molecule has 7 bridgehead atoms. The first-order chi connectivity index (χ1) is 30.0. The highest BCUT2D eigenvalue weighted by Gasteiger charge is 2.92. The van der Waals surface area contributed by atoms with Gasteiger partial charge in [-0.3, -0.25) is 9.69 Å². The van der Waals surface area contributed by atoms with E-state index in [1.807, 2.05) is 6.07 Å². The highest BCUT2D eigenvalue weighted by atomic mass is 16.6. The number of ether oxygens (including phenoxy) is 6. The van der Waals surface area contributed by atoms with Crippen LogP contribution in [0.1, 0.15) is 140 Å². The Hall–Kier alpha value is -2.16. The molecule has 1 aromatic rings. The van der Waals surface area contributed by atoms with E-state index in [-0.39, 0.29) is 31.4 Å². The number of carbonyl (C=O) groups excluding carboxylic acids is 2. The summed E-state index contributed by atoms with van der Waals surface area (Å²) in [4.78, 5) is 31.0. The number of benzene rings is 1. The fraction of sp³-hybridized carbons (Fsp3) is 0.840. The van der Waals surface area contributed by atoms with E-state index in [2.05, 4.69) is 18.7 Å². The Balaban J connectivity index is 1.17. The van der Waals surface area contributed by atoms with Gasteiger partial charge in [0.1, 0.15) is 23.9 Å². The Morgan fingerprint density at radius 1 is 0.774 bits per heavy atom. The van der Waals surface area contributed by atoms with Crippen LogP contribution in [-0.2, 0) is 33.2 Å². The van der Waals surface area contributed by atoms with E-state index in [9.17, 15) is 24.9 Å². The molecule has 6 aliphatic rings. The van der Waals surface area contributed by atoms with Gasteiger partial charge in [0.15, 0.2) is 5.60 Å². The number of esters is 2. The molecule has 15 atom stereocenters. The van der Waals surface area contributed by atoms with Crippen molar-refractivity contribution in [2.45, 2.75) is 183 Å². The monoisotopic (exact) mass is 870 g/mol. The molecule has 62 heavy (non-hydrogen) atoms. The molecule has 1 heterocycles. The lowest BCUT2D eigenvalue weighted by molar-refractivity contribution is -0.323. The molecule has 3 N–H and O–H groups in total. The van der Waals surface area contributed by atoms with Gasteiger partial charge in [-0.05, 0) is 37.4 Å². The second kappa shape index (κ2) is 20.1. The van der Waals surface area contributed by atoms with Crippen molar-refractivity contribution < 1.29 is 53.3 Å². The van der Waals surface area contributed by atoms with Gasteiger partial charge in [0.25, 0.3) is 0 Å². The number of likely N-dealkylation sites (tertiary alicyclic amines) is 1. The van der Waals surface area contributed by atoms with Crippen LogP contribution in [0.15, 0.2) is 30.3 Å². The van der Waals surface area contributed by atoms with Crippen LogP contribution in [0.25, 0.3) is 0 Å². The third kappa shape index (κ3) is 7.69. The van der Waals surface area contributed by atoms with E-state index >= 15 is 0 Å². The number of hydrogen-bond donors (Lipinski definition) is 3. The molecular formula is C50H79NO11.